The molecule has 0 aliphatic heterocycles. The molecule has 0 aromatic rings. The highest BCUT2D eigenvalue weighted by atomic mass is 16.7. The van der Waals surface area contributed by atoms with Crippen LogP contribution in [0.3, 0.4) is 0 Å². The number of quaternary nitrogens is 1. The fraction of sp³-hybridized carbons (Fsp3) is 0.691. The Morgan fingerprint density at radius 1 is 0.403 bits per heavy atom. The van der Waals surface area contributed by atoms with Gasteiger partial charge in [-0.15, -0.1) is 0 Å². The zero-order chi connectivity index (χ0) is 56.2. The molecule has 440 valence electrons. The number of esters is 2. The molecule has 0 saturated carbocycles. The summed E-state index contributed by atoms with van der Waals surface area (Å²) in [4.78, 5) is 37.3. The zero-order valence-electron chi connectivity index (χ0n) is 50.0. The number of aliphatic carboxylic acids is 1. The van der Waals surface area contributed by atoms with E-state index in [0.717, 1.165) is 109 Å². The first-order chi connectivity index (χ1) is 37.6. The van der Waals surface area contributed by atoms with Crippen molar-refractivity contribution in [3.63, 3.8) is 0 Å². The van der Waals surface area contributed by atoms with Crippen molar-refractivity contribution in [2.75, 3.05) is 47.5 Å². The van der Waals surface area contributed by atoms with Crippen molar-refractivity contribution in [3.05, 3.63) is 109 Å². The number of likely N-dealkylation sites (N-methyl/N-ethyl adjacent to an activating group) is 1. The number of nitrogens with zero attached hydrogens (tertiary/aromatic N) is 1. The van der Waals surface area contributed by atoms with Gasteiger partial charge in [0.15, 0.2) is 12.4 Å². The van der Waals surface area contributed by atoms with Crippen molar-refractivity contribution < 1.29 is 42.9 Å². The second-order valence-corrected chi connectivity index (χ2v) is 21.6. The van der Waals surface area contributed by atoms with E-state index in [1.807, 2.05) is 21.1 Å². The lowest BCUT2D eigenvalue weighted by molar-refractivity contribution is -0.870. The van der Waals surface area contributed by atoms with Crippen LogP contribution in [0, 0.1) is 0 Å². The van der Waals surface area contributed by atoms with Crippen LogP contribution in [0.1, 0.15) is 245 Å². The molecule has 0 bridgehead atoms. The van der Waals surface area contributed by atoms with Crippen molar-refractivity contribution >= 4 is 17.9 Å². The van der Waals surface area contributed by atoms with Gasteiger partial charge >= 0.3 is 11.9 Å². The van der Waals surface area contributed by atoms with E-state index in [0.29, 0.717) is 17.4 Å². The highest BCUT2D eigenvalue weighted by Crippen LogP contribution is 2.15. The predicted octanol–water partition coefficient (Wildman–Crippen LogP) is 17.3. The molecule has 0 heterocycles. The van der Waals surface area contributed by atoms with E-state index < -0.39 is 24.3 Å². The number of rotatable bonds is 56. The summed E-state index contributed by atoms with van der Waals surface area (Å²) in [5.74, 6) is -2.30. The molecule has 0 N–H and O–H groups in total. The maximum Gasteiger partial charge on any atom is 0.306 e. The third-order valence-corrected chi connectivity index (χ3v) is 13.0. The monoisotopic (exact) mass is 1070 g/mol. The van der Waals surface area contributed by atoms with Crippen LogP contribution in [0.5, 0.6) is 0 Å². The van der Waals surface area contributed by atoms with Crippen molar-refractivity contribution in [2.24, 2.45) is 0 Å². The molecular formula is C68H115NO8. The molecule has 0 aromatic heterocycles. The van der Waals surface area contributed by atoms with Gasteiger partial charge in [0.05, 0.1) is 40.3 Å². The fourth-order valence-electron chi connectivity index (χ4n) is 8.25. The summed E-state index contributed by atoms with van der Waals surface area (Å²) in [6.45, 7) is 4.62. The van der Waals surface area contributed by atoms with Crippen LogP contribution >= 0.6 is 0 Å². The highest BCUT2D eigenvalue weighted by molar-refractivity contribution is 5.70. The Hall–Kier alpha value is -4.05. The number of allylic oxidation sites excluding steroid dienone is 18. The Kier molecular flexibility index (Phi) is 55.1. The van der Waals surface area contributed by atoms with E-state index in [9.17, 15) is 19.5 Å². The number of carboxylic acid groups (broad SMARTS) is 1. The minimum absolute atomic E-state index is 0.142. The lowest BCUT2D eigenvalue weighted by Crippen LogP contribution is -2.44. The summed E-state index contributed by atoms with van der Waals surface area (Å²) >= 11 is 0. The molecule has 77 heavy (non-hydrogen) atoms. The largest absolute Gasteiger partial charge is 0.545 e. The zero-order valence-corrected chi connectivity index (χ0v) is 50.0. The van der Waals surface area contributed by atoms with Crippen molar-refractivity contribution in [3.8, 4) is 0 Å². The van der Waals surface area contributed by atoms with Crippen LogP contribution in [-0.2, 0) is 33.3 Å². The van der Waals surface area contributed by atoms with Gasteiger partial charge in [-0.05, 0) is 103 Å². The third kappa shape index (κ3) is 59.5. The van der Waals surface area contributed by atoms with Crippen LogP contribution in [0.15, 0.2) is 109 Å². The number of hydrogen-bond acceptors (Lipinski definition) is 8. The Bertz CT molecular complexity index is 1630. The molecule has 9 nitrogen and oxygen atoms in total. The van der Waals surface area contributed by atoms with Crippen molar-refractivity contribution in [2.45, 2.75) is 257 Å². The minimum atomic E-state index is -1.63. The molecule has 0 amide bonds. The number of hydrogen-bond donors (Lipinski definition) is 0. The van der Waals surface area contributed by atoms with Gasteiger partial charge in [-0.1, -0.05) is 239 Å². The number of ether oxygens (including phenoxy) is 4. The smallest absolute Gasteiger partial charge is 0.306 e. The average Bonchev–Trinajstić information content (AvgIpc) is 3.40. The standard InChI is InChI=1S/C68H115NO8/c1-6-8-10-12-14-16-18-20-22-24-25-26-27-28-29-30-31-32-33-34-35-36-37-38-39-40-41-43-45-47-49-51-53-55-57-59-66(71)77-64(63-76-68(67(72)73)74-61-60-69(3,4)5)62-75-65(70)58-56-54-52-50-48-46-44-42-23-21-19-17-15-13-11-9-7-2/h8,10,14,16,20-23,25-26,28-29,31-32,34-35,37-38,64,68H,6-7,9,11-13,15,17-19,24,27,30,33,36,39-63H2,1-5H3/b10-8-,16-14-,22-20-,23-21-,26-25-,29-28-,32-31-,35-34-,38-37-. The number of carbonyl (C=O) groups is 3. The second-order valence-electron chi connectivity index (χ2n) is 21.6. The lowest BCUT2D eigenvalue weighted by atomic mass is 10.0. The number of carboxylic acids is 1. The highest BCUT2D eigenvalue weighted by Gasteiger charge is 2.22. The van der Waals surface area contributed by atoms with E-state index in [1.165, 1.54) is 103 Å². The summed E-state index contributed by atoms with van der Waals surface area (Å²) in [7, 11) is 5.92. The maximum atomic E-state index is 12.9. The Morgan fingerprint density at radius 3 is 1.12 bits per heavy atom. The van der Waals surface area contributed by atoms with E-state index in [4.69, 9.17) is 18.9 Å². The first-order valence-corrected chi connectivity index (χ1v) is 31.0. The summed E-state index contributed by atoms with van der Waals surface area (Å²) in [5, 5.41) is 11.8. The molecular weight excluding hydrogens is 959 g/mol. The van der Waals surface area contributed by atoms with Gasteiger partial charge in [0.25, 0.3) is 0 Å². The van der Waals surface area contributed by atoms with E-state index >= 15 is 0 Å². The summed E-state index contributed by atoms with van der Waals surface area (Å²) in [5.41, 5.74) is 0. The molecule has 0 rings (SSSR count). The van der Waals surface area contributed by atoms with Gasteiger partial charge in [-0.25, -0.2) is 0 Å². The molecule has 0 aromatic carbocycles. The average molecular weight is 1070 g/mol. The lowest BCUT2D eigenvalue weighted by Gasteiger charge is -2.26. The Labute approximate surface area is 473 Å². The SMILES string of the molecule is CC/C=C\C/C=C\C/C=C\C/C=C\C/C=C\C/C=C\C/C=C\C/C=C\CCCCCCCCCCCCC(=O)OC(COC(=O)CCCCCCCCC/C=C\CCCCCCCC)COC(OCC[N+](C)(C)C)C(=O)[O-]. The topological polar surface area (TPSA) is 111 Å². The van der Waals surface area contributed by atoms with Crippen LogP contribution in [0.25, 0.3) is 0 Å². The maximum absolute atomic E-state index is 12.9. The van der Waals surface area contributed by atoms with Crippen LogP contribution < -0.4 is 5.11 Å². The van der Waals surface area contributed by atoms with Crippen molar-refractivity contribution in [1.29, 1.82) is 0 Å². The number of carbonyl (C=O) groups excluding carboxylic acids is 3. The summed E-state index contributed by atoms with van der Waals surface area (Å²) in [6, 6.07) is 0. The fourth-order valence-corrected chi connectivity index (χ4v) is 8.25. The molecule has 0 aliphatic carbocycles. The molecule has 2 unspecified atom stereocenters. The molecule has 0 spiro atoms. The molecule has 0 aliphatic rings. The predicted molar refractivity (Wildman–Crippen MR) is 324 cm³/mol. The minimum Gasteiger partial charge on any atom is -0.545 e. The van der Waals surface area contributed by atoms with Crippen molar-refractivity contribution in [1.82, 2.24) is 0 Å². The number of unbranched alkanes of at least 4 members (excludes halogenated alkanes) is 23. The van der Waals surface area contributed by atoms with E-state index in [-0.39, 0.29) is 38.6 Å². The molecule has 0 fully saturated rings. The van der Waals surface area contributed by atoms with Crippen LogP contribution in [-0.4, -0.2) is 82.3 Å². The summed E-state index contributed by atoms with van der Waals surface area (Å²) in [6.07, 6.45) is 77.1. The molecule has 0 radical (unpaired) electrons. The van der Waals surface area contributed by atoms with E-state index in [2.05, 4.69) is 123 Å². The van der Waals surface area contributed by atoms with E-state index in [1.54, 1.807) is 0 Å². The van der Waals surface area contributed by atoms with Gasteiger partial charge in [-0.3, -0.25) is 9.59 Å². The van der Waals surface area contributed by atoms with Crippen LogP contribution in [0.2, 0.25) is 0 Å². The van der Waals surface area contributed by atoms with Gasteiger partial charge in [0.1, 0.15) is 13.2 Å². The van der Waals surface area contributed by atoms with Crippen LogP contribution in [0.4, 0.5) is 0 Å². The molecule has 9 heteroatoms. The Morgan fingerprint density at radius 2 is 0.740 bits per heavy atom. The van der Waals surface area contributed by atoms with Gasteiger partial charge in [-0.2, -0.15) is 0 Å². The van der Waals surface area contributed by atoms with Gasteiger partial charge < -0.3 is 33.3 Å². The normalized spacial score (nSPS) is 13.5. The first kappa shape index (κ1) is 73.0. The first-order valence-electron chi connectivity index (χ1n) is 31.0. The van der Waals surface area contributed by atoms with Gasteiger partial charge in [0, 0.05) is 12.8 Å². The summed E-state index contributed by atoms with van der Waals surface area (Å²) < 4.78 is 22.7. The molecule has 2 atom stereocenters. The Balaban J connectivity index is 4.20. The van der Waals surface area contributed by atoms with Gasteiger partial charge in [0.2, 0.25) is 0 Å². The quantitative estimate of drug-likeness (QED) is 0.0195. The molecule has 0 saturated heterocycles. The second kappa shape index (κ2) is 58.1. The third-order valence-electron chi connectivity index (χ3n) is 13.0.